The minimum atomic E-state index is -0.222. The molecule has 172 valence electrons. The average Bonchev–Trinajstić information content (AvgIpc) is 2.84. The fourth-order valence-electron chi connectivity index (χ4n) is 4.07. The first-order chi connectivity index (χ1) is 16.1. The number of nitrogens with two attached hydrogens (primary N) is 1. The molecule has 8 heteroatoms. The van der Waals surface area contributed by atoms with E-state index in [9.17, 15) is 4.79 Å². The maximum Gasteiger partial charge on any atom is 0.311 e. The van der Waals surface area contributed by atoms with Gasteiger partial charge in [0, 0.05) is 13.2 Å². The molecule has 33 heavy (non-hydrogen) atoms. The summed E-state index contributed by atoms with van der Waals surface area (Å²) in [4.78, 5) is 20.9. The molecule has 1 aliphatic rings. The lowest BCUT2D eigenvalue weighted by atomic mass is 9.85. The van der Waals surface area contributed by atoms with Gasteiger partial charge in [-0.15, -0.1) is 0 Å². The molecule has 3 aromatic rings. The number of anilines is 2. The number of methoxy groups -OCH3 is 1. The highest BCUT2D eigenvalue weighted by Crippen LogP contribution is 2.35. The van der Waals surface area contributed by atoms with Crippen molar-refractivity contribution in [3.05, 3.63) is 60.9 Å². The summed E-state index contributed by atoms with van der Waals surface area (Å²) in [6.07, 6.45) is 4.77. The van der Waals surface area contributed by atoms with E-state index in [1.807, 2.05) is 54.6 Å². The van der Waals surface area contributed by atoms with Crippen molar-refractivity contribution >= 4 is 17.6 Å². The molecule has 2 atom stereocenters. The fraction of sp³-hybridized carbons (Fsp3) is 0.320. The summed E-state index contributed by atoms with van der Waals surface area (Å²) >= 11 is 0. The summed E-state index contributed by atoms with van der Waals surface area (Å²) in [6, 6.07) is 17.3. The van der Waals surface area contributed by atoms with Crippen LogP contribution in [-0.4, -0.2) is 35.9 Å². The number of benzene rings is 2. The van der Waals surface area contributed by atoms with Crippen molar-refractivity contribution in [1.82, 2.24) is 9.97 Å². The Morgan fingerprint density at radius 3 is 2.58 bits per heavy atom. The first kappa shape index (κ1) is 22.5. The molecule has 1 heterocycles. The predicted octanol–water partition coefficient (Wildman–Crippen LogP) is 4.64. The molecule has 8 nitrogen and oxygen atoms in total. The van der Waals surface area contributed by atoms with Gasteiger partial charge in [0.25, 0.3) is 0 Å². The number of ether oxygens (including phenoxy) is 3. The van der Waals surface area contributed by atoms with E-state index in [2.05, 4.69) is 15.3 Å². The Balaban J connectivity index is 1.49. The Morgan fingerprint density at radius 1 is 1.06 bits per heavy atom. The van der Waals surface area contributed by atoms with Crippen molar-refractivity contribution in [3.8, 4) is 22.6 Å². The normalized spacial score (nSPS) is 17.8. The zero-order valence-electron chi connectivity index (χ0n) is 18.6. The summed E-state index contributed by atoms with van der Waals surface area (Å²) in [6.45, 7) is -0.0238. The molecule has 4 rings (SSSR count). The standard InChI is InChI=1S/C25H28N4O4/c1-31-16-32-25(30)18-6-5-7-19(14-18)29-24-22(23(26)27-15-28-24)17-10-12-21(13-11-17)33-20-8-3-2-4-9-20/h2-4,8-13,15,18-19H,5-7,14,16H2,1H3,(H3,26,27,28,29)/t18-,19-/m0/s1. The van der Waals surface area contributed by atoms with E-state index >= 15 is 0 Å². The molecule has 3 N–H and O–H groups in total. The fourth-order valence-corrected chi connectivity index (χ4v) is 4.07. The highest BCUT2D eigenvalue weighted by Gasteiger charge is 2.29. The maximum atomic E-state index is 12.3. The Hall–Kier alpha value is -3.65. The quantitative estimate of drug-likeness (QED) is 0.379. The molecular formula is C25H28N4O4. The molecule has 1 saturated carbocycles. The van der Waals surface area contributed by atoms with Crippen LogP contribution in [0.1, 0.15) is 25.7 Å². The van der Waals surface area contributed by atoms with Gasteiger partial charge < -0.3 is 25.3 Å². The number of hydrogen-bond acceptors (Lipinski definition) is 8. The summed E-state index contributed by atoms with van der Waals surface area (Å²) in [5.74, 6) is 2.14. The minimum absolute atomic E-state index is 0.0238. The summed E-state index contributed by atoms with van der Waals surface area (Å²) in [5.41, 5.74) is 7.85. The minimum Gasteiger partial charge on any atom is -0.457 e. The number of carbonyl (C=O) groups is 1. The van der Waals surface area contributed by atoms with Crippen molar-refractivity contribution in [1.29, 1.82) is 0 Å². The highest BCUT2D eigenvalue weighted by atomic mass is 16.7. The zero-order chi connectivity index (χ0) is 23.0. The number of nitrogens with zero attached hydrogens (tertiary/aromatic N) is 2. The molecule has 0 spiro atoms. The van der Waals surface area contributed by atoms with Gasteiger partial charge in [-0.1, -0.05) is 36.8 Å². The summed E-state index contributed by atoms with van der Waals surface area (Å²) in [5, 5.41) is 3.48. The molecule has 0 amide bonds. The van der Waals surface area contributed by atoms with Crippen LogP contribution in [0, 0.1) is 5.92 Å². The lowest BCUT2D eigenvalue weighted by Crippen LogP contribution is -2.32. The number of rotatable bonds is 8. The SMILES string of the molecule is COCOC(=O)[C@H]1CCC[C@H](Nc2ncnc(N)c2-c2ccc(Oc3ccccc3)cc2)C1. The number of nitrogen functional groups attached to an aromatic ring is 1. The summed E-state index contributed by atoms with van der Waals surface area (Å²) in [7, 11) is 1.50. The molecular weight excluding hydrogens is 420 g/mol. The van der Waals surface area contributed by atoms with E-state index in [1.165, 1.54) is 13.4 Å². The zero-order valence-corrected chi connectivity index (χ0v) is 18.6. The van der Waals surface area contributed by atoms with Gasteiger partial charge in [0.1, 0.15) is 29.5 Å². The van der Waals surface area contributed by atoms with Crippen molar-refractivity contribution in [3.63, 3.8) is 0 Å². The van der Waals surface area contributed by atoms with Gasteiger partial charge in [-0.3, -0.25) is 4.79 Å². The number of aromatic nitrogens is 2. The van der Waals surface area contributed by atoms with Crippen molar-refractivity contribution in [2.45, 2.75) is 31.7 Å². The van der Waals surface area contributed by atoms with Crippen molar-refractivity contribution in [2.24, 2.45) is 5.92 Å². The molecule has 0 bridgehead atoms. The van der Waals surface area contributed by atoms with E-state index in [1.54, 1.807) is 0 Å². The Labute approximate surface area is 193 Å². The van der Waals surface area contributed by atoms with Gasteiger partial charge in [0.05, 0.1) is 11.5 Å². The van der Waals surface area contributed by atoms with E-state index in [0.717, 1.165) is 41.9 Å². The number of carbonyl (C=O) groups excluding carboxylic acids is 1. The van der Waals surface area contributed by atoms with Crippen LogP contribution in [0.25, 0.3) is 11.1 Å². The average molecular weight is 449 g/mol. The van der Waals surface area contributed by atoms with Gasteiger partial charge in [0.15, 0.2) is 6.79 Å². The van der Waals surface area contributed by atoms with Crippen LogP contribution in [0.5, 0.6) is 11.5 Å². The van der Waals surface area contributed by atoms with E-state index in [0.29, 0.717) is 18.1 Å². The molecule has 0 radical (unpaired) electrons. The molecule has 0 aliphatic heterocycles. The van der Waals surface area contributed by atoms with Crippen LogP contribution in [-0.2, 0) is 14.3 Å². The third kappa shape index (κ3) is 5.78. The van der Waals surface area contributed by atoms with Gasteiger partial charge in [-0.25, -0.2) is 9.97 Å². The number of hydrogen-bond donors (Lipinski definition) is 2. The van der Waals surface area contributed by atoms with E-state index in [-0.39, 0.29) is 24.7 Å². The summed E-state index contributed by atoms with van der Waals surface area (Å²) < 4.78 is 15.9. The molecule has 1 aliphatic carbocycles. The molecule has 1 fully saturated rings. The second-order valence-corrected chi connectivity index (χ2v) is 8.00. The third-order valence-electron chi connectivity index (χ3n) is 5.67. The number of para-hydroxylation sites is 1. The lowest BCUT2D eigenvalue weighted by Gasteiger charge is -2.29. The molecule has 0 unspecified atom stereocenters. The molecule has 0 saturated heterocycles. The lowest BCUT2D eigenvalue weighted by molar-refractivity contribution is -0.160. The highest BCUT2D eigenvalue weighted by molar-refractivity contribution is 5.83. The number of nitrogens with one attached hydrogen (secondary N) is 1. The molecule has 2 aromatic carbocycles. The largest absolute Gasteiger partial charge is 0.457 e. The second kappa shape index (κ2) is 10.8. The maximum absolute atomic E-state index is 12.3. The first-order valence-corrected chi connectivity index (χ1v) is 11.0. The van der Waals surface area contributed by atoms with E-state index in [4.69, 9.17) is 19.9 Å². The predicted molar refractivity (Wildman–Crippen MR) is 126 cm³/mol. The van der Waals surface area contributed by atoms with E-state index < -0.39 is 0 Å². The monoisotopic (exact) mass is 448 g/mol. The Morgan fingerprint density at radius 2 is 1.82 bits per heavy atom. The van der Waals surface area contributed by atoms with Gasteiger partial charge in [-0.05, 0) is 49.1 Å². The smallest absolute Gasteiger partial charge is 0.311 e. The van der Waals surface area contributed by atoms with Crippen molar-refractivity contribution < 1.29 is 19.0 Å². The van der Waals surface area contributed by atoms with Crippen LogP contribution >= 0.6 is 0 Å². The second-order valence-electron chi connectivity index (χ2n) is 8.00. The molecule has 1 aromatic heterocycles. The topological polar surface area (TPSA) is 109 Å². The van der Waals surface area contributed by atoms with Crippen LogP contribution in [0.3, 0.4) is 0 Å². The Bertz CT molecular complexity index is 1060. The van der Waals surface area contributed by atoms with Crippen molar-refractivity contribution in [2.75, 3.05) is 25.0 Å². The van der Waals surface area contributed by atoms with Crippen LogP contribution in [0.2, 0.25) is 0 Å². The van der Waals surface area contributed by atoms with Gasteiger partial charge in [-0.2, -0.15) is 0 Å². The Kier molecular flexibility index (Phi) is 7.36. The van der Waals surface area contributed by atoms with Crippen LogP contribution in [0.15, 0.2) is 60.9 Å². The van der Waals surface area contributed by atoms with Crippen LogP contribution in [0.4, 0.5) is 11.6 Å². The van der Waals surface area contributed by atoms with Crippen LogP contribution < -0.4 is 15.8 Å². The van der Waals surface area contributed by atoms with Gasteiger partial charge >= 0.3 is 5.97 Å². The third-order valence-corrected chi connectivity index (χ3v) is 5.67. The number of esters is 1. The first-order valence-electron chi connectivity index (χ1n) is 11.0. The van der Waals surface area contributed by atoms with Gasteiger partial charge in [0.2, 0.25) is 0 Å².